The highest BCUT2D eigenvalue weighted by molar-refractivity contribution is 9.10. The molecule has 0 fully saturated rings. The highest BCUT2D eigenvalue weighted by Crippen LogP contribution is 2.26. The fourth-order valence-corrected chi connectivity index (χ4v) is 2.20. The second-order valence-corrected chi connectivity index (χ2v) is 5.40. The lowest BCUT2D eigenvalue weighted by atomic mass is 10.1. The van der Waals surface area contributed by atoms with Gasteiger partial charge in [-0.15, -0.1) is 0 Å². The lowest BCUT2D eigenvalue weighted by Crippen LogP contribution is -2.05. The summed E-state index contributed by atoms with van der Waals surface area (Å²) >= 11 is 3.11. The highest BCUT2D eigenvalue weighted by atomic mass is 79.9. The maximum absolute atomic E-state index is 13.3. The molecule has 0 unspecified atom stereocenters. The fraction of sp³-hybridized carbons (Fsp3) is 0.571. The molecule has 0 radical (unpaired) electrons. The molecule has 0 aliphatic heterocycles. The van der Waals surface area contributed by atoms with E-state index in [-0.39, 0.29) is 5.82 Å². The molecule has 0 bridgehead atoms. The molecule has 3 N–H and O–H groups in total. The Balaban J connectivity index is 2.25. The third kappa shape index (κ3) is 5.25. The molecular weight excluding hydrogens is 295 g/mol. The summed E-state index contributed by atoms with van der Waals surface area (Å²) in [6.45, 7) is 3.06. The summed E-state index contributed by atoms with van der Waals surface area (Å²) in [5.74, 6) is -0.283. The minimum atomic E-state index is -0.283. The Bertz CT molecular complexity index is 369. The average molecular weight is 317 g/mol. The first-order valence-electron chi connectivity index (χ1n) is 6.63. The third-order valence-electron chi connectivity index (χ3n) is 2.94. The van der Waals surface area contributed by atoms with E-state index in [1.807, 2.05) is 0 Å². The van der Waals surface area contributed by atoms with E-state index < -0.39 is 0 Å². The van der Waals surface area contributed by atoms with Crippen molar-refractivity contribution in [1.82, 2.24) is 0 Å². The van der Waals surface area contributed by atoms with E-state index in [0.29, 0.717) is 15.8 Å². The monoisotopic (exact) mass is 316 g/mol. The normalized spacial score (nSPS) is 10.6. The Morgan fingerprint density at radius 3 is 2.56 bits per heavy atom. The number of nitrogen functional groups attached to an aromatic ring is 1. The standard InChI is InChI=1S/C14H22BrFN2/c1-2-3-4-5-6-7-8-18-14-10-12(16)11(15)9-13(14)17/h9-10,18H,2-8,17H2,1H3. The molecule has 4 heteroatoms. The van der Waals surface area contributed by atoms with Gasteiger partial charge in [0.15, 0.2) is 0 Å². The molecule has 1 rings (SSSR count). The van der Waals surface area contributed by atoms with Crippen LogP contribution < -0.4 is 11.1 Å². The molecule has 0 amide bonds. The van der Waals surface area contributed by atoms with Crippen molar-refractivity contribution in [2.24, 2.45) is 0 Å². The zero-order valence-electron chi connectivity index (χ0n) is 10.9. The van der Waals surface area contributed by atoms with Crippen LogP contribution >= 0.6 is 15.9 Å². The molecule has 0 saturated carbocycles. The second kappa shape index (κ2) is 8.35. The van der Waals surface area contributed by atoms with Crippen LogP contribution in [-0.2, 0) is 0 Å². The van der Waals surface area contributed by atoms with Crippen molar-refractivity contribution < 1.29 is 4.39 Å². The summed E-state index contributed by atoms with van der Waals surface area (Å²) in [5, 5.41) is 3.19. The van der Waals surface area contributed by atoms with Crippen LogP contribution in [0.4, 0.5) is 15.8 Å². The van der Waals surface area contributed by atoms with Crippen LogP contribution in [0, 0.1) is 5.82 Å². The molecule has 0 heterocycles. The van der Waals surface area contributed by atoms with Crippen molar-refractivity contribution in [3.05, 3.63) is 22.4 Å². The second-order valence-electron chi connectivity index (χ2n) is 4.55. The van der Waals surface area contributed by atoms with Gasteiger partial charge < -0.3 is 11.1 Å². The maximum Gasteiger partial charge on any atom is 0.139 e. The van der Waals surface area contributed by atoms with Crippen LogP contribution in [0.25, 0.3) is 0 Å². The van der Waals surface area contributed by atoms with Crippen molar-refractivity contribution in [2.75, 3.05) is 17.6 Å². The number of nitrogens with one attached hydrogen (secondary N) is 1. The van der Waals surface area contributed by atoms with Gasteiger partial charge in [0.05, 0.1) is 15.8 Å². The summed E-state index contributed by atoms with van der Waals surface area (Å²) in [5.41, 5.74) is 7.07. The fourth-order valence-electron chi connectivity index (χ4n) is 1.84. The van der Waals surface area contributed by atoms with Gasteiger partial charge in [0.2, 0.25) is 0 Å². The molecule has 0 spiro atoms. The van der Waals surface area contributed by atoms with Crippen molar-refractivity contribution in [3.8, 4) is 0 Å². The zero-order valence-corrected chi connectivity index (χ0v) is 12.5. The Labute approximate surface area is 117 Å². The van der Waals surface area contributed by atoms with E-state index in [1.165, 1.54) is 38.2 Å². The molecule has 102 valence electrons. The van der Waals surface area contributed by atoms with Crippen molar-refractivity contribution in [2.45, 2.75) is 45.4 Å². The predicted molar refractivity (Wildman–Crippen MR) is 80.4 cm³/mol. The Hall–Kier alpha value is -0.770. The van der Waals surface area contributed by atoms with Crippen molar-refractivity contribution in [3.63, 3.8) is 0 Å². The number of unbranched alkanes of at least 4 members (excludes halogenated alkanes) is 5. The van der Waals surface area contributed by atoms with E-state index in [0.717, 1.165) is 13.0 Å². The number of benzene rings is 1. The van der Waals surface area contributed by atoms with E-state index in [2.05, 4.69) is 28.2 Å². The third-order valence-corrected chi connectivity index (χ3v) is 3.55. The quantitative estimate of drug-likeness (QED) is 0.526. The van der Waals surface area contributed by atoms with Gasteiger partial charge in [-0.3, -0.25) is 0 Å². The number of halogens is 2. The maximum atomic E-state index is 13.3. The van der Waals surface area contributed by atoms with E-state index in [1.54, 1.807) is 6.07 Å². The SMILES string of the molecule is CCCCCCCCNc1cc(F)c(Br)cc1N. The number of rotatable bonds is 8. The van der Waals surface area contributed by atoms with Crippen molar-refractivity contribution in [1.29, 1.82) is 0 Å². The minimum Gasteiger partial charge on any atom is -0.397 e. The van der Waals surface area contributed by atoms with E-state index in [9.17, 15) is 4.39 Å². The molecule has 2 nitrogen and oxygen atoms in total. The van der Waals surface area contributed by atoms with E-state index in [4.69, 9.17) is 5.73 Å². The number of hydrogen-bond donors (Lipinski definition) is 2. The van der Waals surface area contributed by atoms with Gasteiger partial charge in [-0.05, 0) is 28.4 Å². The summed E-state index contributed by atoms with van der Waals surface area (Å²) < 4.78 is 13.7. The molecule has 0 atom stereocenters. The van der Waals surface area contributed by atoms with Crippen molar-refractivity contribution >= 4 is 27.3 Å². The molecule has 0 aromatic heterocycles. The molecule has 0 aliphatic rings. The Morgan fingerprint density at radius 1 is 1.17 bits per heavy atom. The van der Waals surface area contributed by atoms with Gasteiger partial charge in [-0.1, -0.05) is 39.0 Å². The van der Waals surface area contributed by atoms with Crippen LogP contribution in [0.15, 0.2) is 16.6 Å². The predicted octanol–water partition coefficient (Wildman–Crippen LogP) is 4.94. The van der Waals surface area contributed by atoms with Crippen LogP contribution in [0.2, 0.25) is 0 Å². The van der Waals surface area contributed by atoms with E-state index >= 15 is 0 Å². The topological polar surface area (TPSA) is 38.0 Å². The number of hydrogen-bond acceptors (Lipinski definition) is 2. The first kappa shape index (κ1) is 15.3. The summed E-state index contributed by atoms with van der Waals surface area (Å²) in [6, 6.07) is 3.04. The first-order chi connectivity index (χ1) is 8.65. The molecule has 1 aromatic carbocycles. The summed E-state index contributed by atoms with van der Waals surface area (Å²) in [6.07, 6.45) is 7.49. The minimum absolute atomic E-state index is 0.283. The molecule has 1 aromatic rings. The lowest BCUT2D eigenvalue weighted by Gasteiger charge is -2.10. The van der Waals surface area contributed by atoms with Gasteiger partial charge in [-0.2, -0.15) is 0 Å². The van der Waals surface area contributed by atoms with Gasteiger partial charge in [-0.25, -0.2) is 4.39 Å². The van der Waals surface area contributed by atoms with Gasteiger partial charge in [0, 0.05) is 12.6 Å². The zero-order chi connectivity index (χ0) is 13.4. The lowest BCUT2D eigenvalue weighted by molar-refractivity contribution is 0.615. The average Bonchev–Trinajstić information content (AvgIpc) is 2.34. The summed E-state index contributed by atoms with van der Waals surface area (Å²) in [4.78, 5) is 0. The number of anilines is 2. The van der Waals surface area contributed by atoms with Crippen LogP contribution in [0.3, 0.4) is 0 Å². The van der Waals surface area contributed by atoms with Crippen LogP contribution in [0.5, 0.6) is 0 Å². The van der Waals surface area contributed by atoms with Gasteiger partial charge >= 0.3 is 0 Å². The van der Waals surface area contributed by atoms with Gasteiger partial charge in [0.25, 0.3) is 0 Å². The molecule has 18 heavy (non-hydrogen) atoms. The Morgan fingerprint density at radius 2 is 1.83 bits per heavy atom. The molecule has 0 aliphatic carbocycles. The molecular formula is C14H22BrFN2. The van der Waals surface area contributed by atoms with Gasteiger partial charge in [0.1, 0.15) is 5.82 Å². The largest absolute Gasteiger partial charge is 0.397 e. The first-order valence-corrected chi connectivity index (χ1v) is 7.42. The van der Waals surface area contributed by atoms with Crippen LogP contribution in [-0.4, -0.2) is 6.54 Å². The summed E-state index contributed by atoms with van der Waals surface area (Å²) in [7, 11) is 0. The number of nitrogens with two attached hydrogens (primary N) is 1. The smallest absolute Gasteiger partial charge is 0.139 e. The molecule has 0 saturated heterocycles. The Kier molecular flexibility index (Phi) is 7.09. The van der Waals surface area contributed by atoms with Crippen LogP contribution in [0.1, 0.15) is 45.4 Å². The highest BCUT2D eigenvalue weighted by Gasteiger charge is 2.05.